The van der Waals surface area contributed by atoms with Crippen molar-refractivity contribution >= 4 is 67.6 Å². The number of thiophene rings is 1. The van der Waals surface area contributed by atoms with E-state index in [0.29, 0.717) is 10.5 Å². The third-order valence-electron chi connectivity index (χ3n) is 5.50. The molecule has 0 atom stereocenters. The zero-order valence-corrected chi connectivity index (χ0v) is 19.8. The van der Waals surface area contributed by atoms with Crippen molar-refractivity contribution in [2.24, 2.45) is 0 Å². The first kappa shape index (κ1) is 20.9. The minimum atomic E-state index is -3.40. The van der Waals surface area contributed by atoms with Crippen molar-refractivity contribution in [3.05, 3.63) is 111 Å². The number of hydrogen-bond donors (Lipinski definition) is 0. The van der Waals surface area contributed by atoms with Crippen LogP contribution in [0, 0.1) is 6.92 Å². The summed E-state index contributed by atoms with van der Waals surface area (Å²) in [7, 11) is 0. The van der Waals surface area contributed by atoms with E-state index in [2.05, 4.69) is 72.8 Å². The molecule has 0 spiro atoms. The van der Waals surface area contributed by atoms with E-state index in [1.807, 2.05) is 25.1 Å². The molecule has 1 heterocycles. The Kier molecular flexibility index (Phi) is 5.81. The van der Waals surface area contributed by atoms with E-state index in [-0.39, 0.29) is 0 Å². The molecule has 0 unspecified atom stereocenters. The molecule has 0 fully saturated rings. The summed E-state index contributed by atoms with van der Waals surface area (Å²) in [6.07, 6.45) is 0.610. The molecule has 4 aromatic rings. The van der Waals surface area contributed by atoms with Gasteiger partial charge in [0.15, 0.2) is 0 Å². The fraction of sp³-hybridized carbons (Fsp3) is 0.0833. The first-order valence-electron chi connectivity index (χ1n) is 9.28. The van der Waals surface area contributed by atoms with Gasteiger partial charge in [0, 0.05) is 0 Å². The summed E-state index contributed by atoms with van der Waals surface area (Å²) in [6, 6.07) is 31.3. The van der Waals surface area contributed by atoms with E-state index < -0.39 is 5.96 Å². The van der Waals surface area contributed by atoms with Gasteiger partial charge < -0.3 is 0 Å². The van der Waals surface area contributed by atoms with Crippen LogP contribution in [0.1, 0.15) is 11.1 Å². The zero-order valence-electron chi connectivity index (χ0n) is 15.9. The number of benzene rings is 3. The van der Waals surface area contributed by atoms with Gasteiger partial charge in [-0.3, -0.25) is 0 Å². The third-order valence-corrected chi connectivity index (χ3v) is 14.5. The summed E-state index contributed by atoms with van der Waals surface area (Å²) in [6.45, 7) is 2.03. The molecule has 0 aliphatic carbocycles. The quantitative estimate of drug-likeness (QED) is 0.260. The van der Waals surface area contributed by atoms with Crippen molar-refractivity contribution in [2.45, 2.75) is 13.1 Å². The van der Waals surface area contributed by atoms with Gasteiger partial charge in [0.05, 0.1) is 0 Å². The maximum absolute atomic E-state index is 8.10. The maximum atomic E-state index is 8.10. The molecule has 148 valence electrons. The van der Waals surface area contributed by atoms with Crippen LogP contribution in [0.5, 0.6) is 0 Å². The topological polar surface area (TPSA) is 0 Å². The molecule has 0 nitrogen and oxygen atoms in total. The summed E-state index contributed by atoms with van der Waals surface area (Å²) < 4.78 is 1.44. The number of hydrogen-bond acceptors (Lipinski definition) is 1. The van der Waals surface area contributed by atoms with Gasteiger partial charge in [0.1, 0.15) is 0 Å². The van der Waals surface area contributed by atoms with Gasteiger partial charge in [-0.1, -0.05) is 0 Å². The molecule has 3 aromatic carbocycles. The van der Waals surface area contributed by atoms with Crippen LogP contribution in [0.4, 0.5) is 0 Å². The van der Waals surface area contributed by atoms with Crippen molar-refractivity contribution in [3.8, 4) is 0 Å². The molecular weight excluding hydrogens is 458 g/mol. The molecule has 4 rings (SSSR count). The van der Waals surface area contributed by atoms with E-state index in [1.54, 1.807) is 0 Å². The summed E-state index contributed by atoms with van der Waals surface area (Å²) in [5.74, 6) is -3.40. The van der Waals surface area contributed by atoms with Crippen LogP contribution < -0.4 is 15.9 Å². The molecular formula is C24H20Cl3PS. The molecule has 0 amide bonds. The predicted molar refractivity (Wildman–Crippen MR) is 134 cm³/mol. The second-order valence-electron chi connectivity index (χ2n) is 7.10. The van der Waals surface area contributed by atoms with Crippen molar-refractivity contribution < 1.29 is 0 Å². The number of halogens is 3. The van der Waals surface area contributed by atoms with Crippen molar-refractivity contribution in [1.82, 2.24) is 0 Å². The second kappa shape index (κ2) is 8.06. The van der Waals surface area contributed by atoms with E-state index in [4.69, 9.17) is 34.4 Å². The molecule has 1 aromatic heterocycles. The van der Waals surface area contributed by atoms with Crippen molar-refractivity contribution in [2.75, 3.05) is 0 Å². The van der Waals surface area contributed by atoms with Crippen LogP contribution in [-0.4, -0.2) is 0 Å². The van der Waals surface area contributed by atoms with Gasteiger partial charge >= 0.3 is 192 Å². The summed E-state index contributed by atoms with van der Waals surface area (Å²) >= 11 is 22.6. The van der Waals surface area contributed by atoms with E-state index in [9.17, 15) is 0 Å². The van der Waals surface area contributed by atoms with Gasteiger partial charge in [0.25, 0.3) is 0 Å². The molecule has 0 saturated heterocycles. The Morgan fingerprint density at radius 2 is 1.03 bits per heavy atom. The fourth-order valence-corrected chi connectivity index (χ4v) is 12.0. The Labute approximate surface area is 190 Å². The molecule has 0 bridgehead atoms. The fourth-order valence-electron chi connectivity index (χ4n) is 3.90. The van der Waals surface area contributed by atoms with Gasteiger partial charge in [-0.25, -0.2) is 0 Å². The average Bonchev–Trinajstić information content (AvgIpc) is 3.01. The molecule has 0 aliphatic rings. The van der Waals surface area contributed by atoms with Crippen LogP contribution in [0.2, 0.25) is 8.67 Å². The average molecular weight is 478 g/mol. The van der Waals surface area contributed by atoms with E-state index in [0.717, 1.165) is 31.4 Å². The Bertz CT molecular complexity index is 1030. The number of rotatable bonds is 5. The minimum absolute atomic E-state index is 0.610. The Hall–Kier alpha value is -1.34. The van der Waals surface area contributed by atoms with Crippen LogP contribution in [0.3, 0.4) is 0 Å². The van der Waals surface area contributed by atoms with Gasteiger partial charge in [-0.2, -0.15) is 0 Å². The van der Waals surface area contributed by atoms with Crippen LogP contribution in [-0.2, 0) is 6.16 Å². The summed E-state index contributed by atoms with van der Waals surface area (Å²) in [5.41, 5.74) is 2.05. The molecule has 5 heteroatoms. The van der Waals surface area contributed by atoms with Crippen molar-refractivity contribution in [3.63, 3.8) is 0 Å². The Morgan fingerprint density at radius 3 is 1.34 bits per heavy atom. The van der Waals surface area contributed by atoms with Crippen LogP contribution in [0.25, 0.3) is 0 Å². The molecule has 0 saturated carbocycles. The van der Waals surface area contributed by atoms with Gasteiger partial charge in [0.2, 0.25) is 0 Å². The molecule has 0 radical (unpaired) electrons. The Balaban J connectivity index is 2.13. The standard InChI is InChI=1S/C24H20Cl3PS/c1-18-22(24(26)29-23(18)25)17-28(27,19-11-5-2-6-12-19,20-13-7-3-8-14-20)21-15-9-4-10-16-21/h2-16H,17H2,1H3. The van der Waals surface area contributed by atoms with Crippen LogP contribution in [0.15, 0.2) is 91.0 Å². The third kappa shape index (κ3) is 3.44. The van der Waals surface area contributed by atoms with Gasteiger partial charge in [-0.05, 0) is 0 Å². The van der Waals surface area contributed by atoms with E-state index >= 15 is 0 Å². The summed E-state index contributed by atoms with van der Waals surface area (Å²) in [5, 5.41) is 3.36. The first-order chi connectivity index (χ1) is 13.9. The molecule has 0 N–H and O–H groups in total. The monoisotopic (exact) mass is 476 g/mol. The normalized spacial score (nSPS) is 13.0. The van der Waals surface area contributed by atoms with Crippen LogP contribution >= 0.6 is 51.7 Å². The SMILES string of the molecule is Cc1c(Cl)sc(Cl)c1CP(Cl)(c1ccccc1)(c1ccccc1)c1ccccc1. The van der Waals surface area contributed by atoms with Gasteiger partial charge in [-0.15, -0.1) is 0 Å². The Morgan fingerprint density at radius 1 is 0.655 bits per heavy atom. The molecule has 0 aliphatic heterocycles. The summed E-state index contributed by atoms with van der Waals surface area (Å²) in [4.78, 5) is 0. The zero-order chi connectivity index (χ0) is 20.5. The first-order valence-corrected chi connectivity index (χ1v) is 14.2. The predicted octanol–water partition coefficient (Wildman–Crippen LogP) is 7.55. The van der Waals surface area contributed by atoms with E-state index in [1.165, 1.54) is 11.3 Å². The van der Waals surface area contributed by atoms with Crippen molar-refractivity contribution in [1.29, 1.82) is 0 Å². The molecule has 29 heavy (non-hydrogen) atoms. The second-order valence-corrected chi connectivity index (χ2v) is 15.8.